The fourth-order valence-electron chi connectivity index (χ4n) is 4.59. The van der Waals surface area contributed by atoms with Gasteiger partial charge in [-0.05, 0) is 51.2 Å². The molecule has 0 aromatic heterocycles. The van der Waals surface area contributed by atoms with Crippen molar-refractivity contribution in [1.29, 1.82) is 0 Å². The summed E-state index contributed by atoms with van der Waals surface area (Å²) in [6, 6.07) is 15.3. The SMILES string of the molecule is CCCC[C@H](C)[C@@H](O)CC(=O)N(C(=O)CNC(=O)OC(C)(C)C)[C@H](Cc1ccccc1)C(=O)N[C@H](C)C(=O)OCc1ccccc1. The molecule has 0 fully saturated rings. The molecule has 4 atom stereocenters. The van der Waals surface area contributed by atoms with E-state index in [-0.39, 0.29) is 18.9 Å². The van der Waals surface area contributed by atoms with Crippen molar-refractivity contribution in [2.45, 2.75) is 104 Å². The minimum Gasteiger partial charge on any atom is -0.459 e. The number of unbranched alkanes of at least 4 members (excludes halogenated alkanes) is 1. The second-order valence-corrected chi connectivity index (χ2v) is 12.4. The van der Waals surface area contributed by atoms with Crippen molar-refractivity contribution in [1.82, 2.24) is 15.5 Å². The lowest BCUT2D eigenvalue weighted by molar-refractivity contribution is -0.154. The van der Waals surface area contributed by atoms with Crippen molar-refractivity contribution in [3.8, 4) is 0 Å². The van der Waals surface area contributed by atoms with Crippen molar-refractivity contribution in [3.63, 3.8) is 0 Å². The molecule has 0 spiro atoms. The minimum atomic E-state index is -1.41. The van der Waals surface area contributed by atoms with Crippen LogP contribution >= 0.6 is 0 Å². The van der Waals surface area contributed by atoms with Gasteiger partial charge < -0.3 is 25.2 Å². The van der Waals surface area contributed by atoms with E-state index in [9.17, 15) is 29.1 Å². The van der Waals surface area contributed by atoms with Crippen molar-refractivity contribution in [2.24, 2.45) is 5.92 Å². The van der Waals surface area contributed by atoms with E-state index >= 15 is 0 Å². The van der Waals surface area contributed by atoms with Gasteiger partial charge in [0.15, 0.2) is 0 Å². The Kier molecular flexibility index (Phi) is 15.4. The monoisotopic (exact) mass is 639 g/mol. The molecular weight excluding hydrogens is 590 g/mol. The van der Waals surface area contributed by atoms with E-state index in [1.807, 2.05) is 32.0 Å². The maximum atomic E-state index is 13.8. The van der Waals surface area contributed by atoms with Gasteiger partial charge in [0, 0.05) is 6.42 Å². The number of rotatable bonds is 16. The maximum absolute atomic E-state index is 13.8. The van der Waals surface area contributed by atoms with E-state index in [4.69, 9.17) is 9.47 Å². The molecule has 4 amide bonds. The molecule has 0 aliphatic rings. The average Bonchev–Trinajstić information content (AvgIpc) is 3.01. The fourth-order valence-corrected chi connectivity index (χ4v) is 4.59. The summed E-state index contributed by atoms with van der Waals surface area (Å²) in [6.45, 7) is 9.64. The lowest BCUT2D eigenvalue weighted by Crippen LogP contribution is -2.58. The number of aliphatic hydroxyl groups excluding tert-OH is 1. The summed E-state index contributed by atoms with van der Waals surface area (Å²) in [7, 11) is 0. The van der Waals surface area contributed by atoms with Crippen LogP contribution in [0.4, 0.5) is 4.79 Å². The standard InChI is InChI=1S/C35H49N3O8/c1-7-8-15-24(2)29(39)21-30(40)38(31(41)22-36-34(44)46-35(4,5)6)28(20-26-16-11-9-12-17-26)32(42)37-25(3)33(43)45-23-27-18-13-10-14-19-27/h9-14,16-19,24-25,28-29,39H,7-8,15,20-23H2,1-6H3,(H,36,44)(H,37,42)/t24-,25+,28+,29-/m0/s1. The summed E-state index contributed by atoms with van der Waals surface area (Å²) in [5.74, 6) is -3.38. The Labute approximate surface area is 272 Å². The molecule has 0 saturated carbocycles. The van der Waals surface area contributed by atoms with Crippen LogP contribution in [0.15, 0.2) is 60.7 Å². The Bertz CT molecular complexity index is 1280. The Morgan fingerprint density at radius 1 is 0.891 bits per heavy atom. The van der Waals surface area contributed by atoms with Crippen molar-refractivity contribution in [2.75, 3.05) is 6.54 Å². The number of alkyl carbamates (subject to hydrolysis) is 1. The molecule has 0 aliphatic heterocycles. The summed E-state index contributed by atoms with van der Waals surface area (Å²) < 4.78 is 10.6. The van der Waals surface area contributed by atoms with Crippen LogP contribution in [0, 0.1) is 5.92 Å². The van der Waals surface area contributed by atoms with Crippen molar-refractivity contribution < 1.29 is 38.6 Å². The molecule has 0 aliphatic carbocycles. The van der Waals surface area contributed by atoms with Crippen molar-refractivity contribution >= 4 is 29.8 Å². The van der Waals surface area contributed by atoms with E-state index in [1.165, 1.54) is 6.92 Å². The number of carbonyl (C=O) groups excluding carboxylic acids is 5. The zero-order valence-corrected chi connectivity index (χ0v) is 27.8. The molecule has 2 aromatic carbocycles. The van der Waals surface area contributed by atoms with E-state index < -0.39 is 66.5 Å². The van der Waals surface area contributed by atoms with E-state index in [0.29, 0.717) is 12.0 Å². The third-order valence-corrected chi connectivity index (χ3v) is 7.20. The summed E-state index contributed by atoms with van der Waals surface area (Å²) in [5.41, 5.74) is 0.579. The normalized spacial score (nSPS) is 13.8. The van der Waals surface area contributed by atoms with Gasteiger partial charge in [0.2, 0.25) is 17.7 Å². The second kappa shape index (κ2) is 18.7. The largest absolute Gasteiger partial charge is 0.459 e. The third kappa shape index (κ3) is 13.4. The number of benzene rings is 2. The number of ether oxygens (including phenoxy) is 2. The van der Waals surface area contributed by atoms with Crippen molar-refractivity contribution in [3.05, 3.63) is 71.8 Å². The summed E-state index contributed by atoms with van der Waals surface area (Å²) in [5, 5.41) is 15.8. The van der Waals surface area contributed by atoms with Gasteiger partial charge in [0.1, 0.15) is 30.8 Å². The summed E-state index contributed by atoms with van der Waals surface area (Å²) in [4.78, 5) is 67.2. The number of nitrogens with zero attached hydrogens (tertiary/aromatic N) is 1. The van der Waals surface area contributed by atoms with Crippen LogP contribution in [0.25, 0.3) is 0 Å². The highest BCUT2D eigenvalue weighted by atomic mass is 16.6. The maximum Gasteiger partial charge on any atom is 0.408 e. The highest BCUT2D eigenvalue weighted by molar-refractivity contribution is 6.02. The van der Waals surface area contributed by atoms with Gasteiger partial charge in [-0.25, -0.2) is 9.59 Å². The number of nitrogens with one attached hydrogen (secondary N) is 2. The predicted octanol–water partition coefficient (Wildman–Crippen LogP) is 4.30. The Balaban J connectivity index is 2.35. The first kappa shape index (κ1) is 37.9. The van der Waals surface area contributed by atoms with Crippen LogP contribution in [-0.2, 0) is 41.7 Å². The zero-order chi connectivity index (χ0) is 34.3. The quantitative estimate of drug-likeness (QED) is 0.230. The zero-order valence-electron chi connectivity index (χ0n) is 27.8. The van der Waals surface area contributed by atoms with Crippen LogP contribution in [0.3, 0.4) is 0 Å². The molecule has 3 N–H and O–H groups in total. The van der Waals surface area contributed by atoms with Crippen LogP contribution in [0.1, 0.15) is 78.4 Å². The Hall–Kier alpha value is -4.25. The van der Waals surface area contributed by atoms with Gasteiger partial charge in [-0.15, -0.1) is 0 Å². The average molecular weight is 640 g/mol. The number of carbonyl (C=O) groups is 5. The van der Waals surface area contributed by atoms with Gasteiger partial charge in [-0.2, -0.15) is 0 Å². The first-order valence-corrected chi connectivity index (χ1v) is 15.8. The summed E-state index contributed by atoms with van der Waals surface area (Å²) >= 11 is 0. The number of amides is 4. The van der Waals surface area contributed by atoms with Crippen LogP contribution in [0.5, 0.6) is 0 Å². The molecule has 0 bridgehead atoms. The molecule has 0 unspecified atom stereocenters. The smallest absolute Gasteiger partial charge is 0.408 e. The molecule has 252 valence electrons. The van der Waals surface area contributed by atoms with E-state index in [1.54, 1.807) is 63.2 Å². The Morgan fingerprint density at radius 3 is 2.04 bits per heavy atom. The van der Waals surface area contributed by atoms with E-state index in [0.717, 1.165) is 23.3 Å². The molecule has 2 rings (SSSR count). The van der Waals surface area contributed by atoms with Gasteiger partial charge >= 0.3 is 12.1 Å². The number of esters is 1. The molecule has 46 heavy (non-hydrogen) atoms. The van der Waals surface area contributed by atoms with E-state index in [2.05, 4.69) is 10.6 Å². The molecule has 0 heterocycles. The molecular formula is C35H49N3O8. The molecule has 2 aromatic rings. The fraction of sp³-hybridized carbons (Fsp3) is 0.514. The first-order valence-electron chi connectivity index (χ1n) is 15.8. The predicted molar refractivity (Wildman–Crippen MR) is 173 cm³/mol. The topological polar surface area (TPSA) is 151 Å². The molecule has 11 heteroatoms. The highest BCUT2D eigenvalue weighted by Crippen LogP contribution is 2.19. The minimum absolute atomic E-state index is 0.000857. The molecule has 0 saturated heterocycles. The van der Waals surface area contributed by atoms with Crippen LogP contribution in [-0.4, -0.2) is 70.1 Å². The first-order chi connectivity index (χ1) is 21.7. The van der Waals surface area contributed by atoms with Crippen LogP contribution < -0.4 is 10.6 Å². The lowest BCUT2D eigenvalue weighted by Gasteiger charge is -2.32. The highest BCUT2D eigenvalue weighted by Gasteiger charge is 2.37. The number of aliphatic hydroxyl groups is 1. The van der Waals surface area contributed by atoms with Gasteiger partial charge in [-0.3, -0.25) is 19.3 Å². The second-order valence-electron chi connectivity index (χ2n) is 12.4. The number of hydrogen-bond donors (Lipinski definition) is 3. The summed E-state index contributed by atoms with van der Waals surface area (Å²) in [6.07, 6.45) is -0.0000514. The molecule has 11 nitrogen and oxygen atoms in total. The number of imide groups is 1. The van der Waals surface area contributed by atoms with Crippen LogP contribution in [0.2, 0.25) is 0 Å². The van der Waals surface area contributed by atoms with Gasteiger partial charge in [0.25, 0.3) is 0 Å². The molecule has 0 radical (unpaired) electrons. The van der Waals surface area contributed by atoms with Gasteiger partial charge in [0.05, 0.1) is 12.5 Å². The Morgan fingerprint density at radius 2 is 1.48 bits per heavy atom. The third-order valence-electron chi connectivity index (χ3n) is 7.20. The van der Waals surface area contributed by atoms with Gasteiger partial charge in [-0.1, -0.05) is 87.4 Å². The number of hydrogen-bond acceptors (Lipinski definition) is 8. The lowest BCUT2D eigenvalue weighted by atomic mass is 9.95.